The molecule has 7 nitrogen and oxygen atoms in total. The lowest BCUT2D eigenvalue weighted by Crippen LogP contribution is -2.29. The molecule has 1 aliphatic rings. The van der Waals surface area contributed by atoms with Crippen molar-refractivity contribution in [2.24, 2.45) is 0 Å². The van der Waals surface area contributed by atoms with Crippen LogP contribution in [0.4, 0.5) is 0 Å². The van der Waals surface area contributed by atoms with Crippen LogP contribution in [0.3, 0.4) is 0 Å². The van der Waals surface area contributed by atoms with Crippen LogP contribution in [0.1, 0.15) is 34.1 Å². The second-order valence-corrected chi connectivity index (χ2v) is 8.73. The van der Waals surface area contributed by atoms with E-state index in [4.69, 9.17) is 9.15 Å². The van der Waals surface area contributed by atoms with Crippen molar-refractivity contribution in [1.29, 1.82) is 0 Å². The Balaban J connectivity index is 1.96. The van der Waals surface area contributed by atoms with Crippen molar-refractivity contribution in [3.8, 4) is 11.5 Å². The van der Waals surface area contributed by atoms with Crippen LogP contribution in [0.5, 0.6) is 11.5 Å². The molecule has 1 fully saturated rings. The number of methoxy groups -OCH3 is 1. The Morgan fingerprint density at radius 3 is 2.61 bits per heavy atom. The fraction of sp³-hybridized carbons (Fsp3) is 0.200. The molecule has 1 saturated heterocycles. The summed E-state index contributed by atoms with van der Waals surface area (Å²) < 4.78 is 11.0. The zero-order chi connectivity index (χ0) is 23.9. The van der Waals surface area contributed by atoms with E-state index in [1.165, 1.54) is 18.3 Å². The highest BCUT2D eigenvalue weighted by atomic mass is 79.9. The zero-order valence-electron chi connectivity index (χ0n) is 18.3. The van der Waals surface area contributed by atoms with Gasteiger partial charge in [0.05, 0.1) is 36.0 Å². The number of carbonyl (C=O) groups is 2. The van der Waals surface area contributed by atoms with Crippen molar-refractivity contribution in [2.45, 2.75) is 26.4 Å². The Labute approximate surface area is 199 Å². The number of halogens is 1. The number of nitrogens with zero attached hydrogens (tertiary/aromatic N) is 1. The van der Waals surface area contributed by atoms with Crippen molar-refractivity contribution < 1.29 is 29.0 Å². The first-order valence-electron chi connectivity index (χ1n) is 10.2. The summed E-state index contributed by atoms with van der Waals surface area (Å²) in [5.41, 5.74) is 2.57. The predicted molar refractivity (Wildman–Crippen MR) is 125 cm³/mol. The van der Waals surface area contributed by atoms with Crippen LogP contribution in [0.15, 0.2) is 63.2 Å². The summed E-state index contributed by atoms with van der Waals surface area (Å²) in [6.45, 7) is 3.72. The molecule has 170 valence electrons. The van der Waals surface area contributed by atoms with Gasteiger partial charge in [-0.1, -0.05) is 17.7 Å². The van der Waals surface area contributed by atoms with E-state index in [1.54, 1.807) is 30.3 Å². The van der Waals surface area contributed by atoms with Gasteiger partial charge >= 0.3 is 0 Å². The number of benzene rings is 2. The normalized spacial score (nSPS) is 17.6. The van der Waals surface area contributed by atoms with Gasteiger partial charge in [0.15, 0.2) is 11.5 Å². The summed E-state index contributed by atoms with van der Waals surface area (Å²) in [5, 5.41) is 21.6. The lowest BCUT2D eigenvalue weighted by Gasteiger charge is -2.25. The number of aliphatic hydroxyl groups is 1. The number of amides is 1. The van der Waals surface area contributed by atoms with E-state index in [2.05, 4.69) is 15.9 Å². The molecule has 1 atom stereocenters. The number of hydrogen-bond donors (Lipinski definition) is 2. The Morgan fingerprint density at radius 1 is 1.18 bits per heavy atom. The summed E-state index contributed by atoms with van der Waals surface area (Å²) in [6.07, 6.45) is 1.48. The van der Waals surface area contributed by atoms with Crippen LogP contribution in [0.2, 0.25) is 0 Å². The van der Waals surface area contributed by atoms with E-state index in [0.29, 0.717) is 21.4 Å². The number of furan rings is 1. The maximum atomic E-state index is 13.2. The summed E-state index contributed by atoms with van der Waals surface area (Å²) >= 11 is 3.30. The fourth-order valence-electron chi connectivity index (χ4n) is 4.00. The minimum absolute atomic E-state index is 0.0205. The quantitative estimate of drug-likeness (QED) is 0.284. The van der Waals surface area contributed by atoms with Gasteiger partial charge in [-0.2, -0.15) is 0 Å². The number of aliphatic hydroxyl groups excluding tert-OH is 1. The summed E-state index contributed by atoms with van der Waals surface area (Å²) in [4.78, 5) is 27.7. The molecule has 0 unspecified atom stereocenters. The van der Waals surface area contributed by atoms with Crippen molar-refractivity contribution in [1.82, 2.24) is 4.90 Å². The molecule has 1 amide bonds. The van der Waals surface area contributed by atoms with Crippen LogP contribution in [0, 0.1) is 13.8 Å². The number of ether oxygens (including phenoxy) is 1. The SMILES string of the molecule is COc1cc([C@H]2C(=C(O)c3cc(C)ccc3C)C(=O)C(=O)N2Cc2ccco2)cc(Br)c1O. The molecule has 1 aliphatic heterocycles. The molecule has 3 aromatic rings. The van der Waals surface area contributed by atoms with Gasteiger partial charge in [-0.05, 0) is 71.2 Å². The fourth-order valence-corrected chi connectivity index (χ4v) is 4.46. The smallest absolute Gasteiger partial charge is 0.296 e. The van der Waals surface area contributed by atoms with Crippen LogP contribution >= 0.6 is 15.9 Å². The molecule has 0 radical (unpaired) electrons. The highest BCUT2D eigenvalue weighted by Gasteiger charge is 2.47. The standard InChI is InChI=1S/C25H22BrNO6/c1-13-6-7-14(2)17(9-13)22(28)20-21(15-10-18(26)23(29)19(11-15)32-3)27(25(31)24(20)30)12-16-5-4-8-33-16/h4-11,21,28-29H,12H2,1-3H3/t21-/m0/s1. The third-order valence-corrected chi connectivity index (χ3v) is 6.29. The van der Waals surface area contributed by atoms with E-state index in [1.807, 2.05) is 26.0 Å². The number of Topliss-reactive ketones (excluding diaryl/α,β-unsaturated/α-hetero) is 1. The molecule has 1 aromatic heterocycles. The minimum atomic E-state index is -0.930. The highest BCUT2D eigenvalue weighted by molar-refractivity contribution is 9.10. The van der Waals surface area contributed by atoms with Crippen LogP contribution in [-0.2, 0) is 16.1 Å². The number of aryl methyl sites for hydroxylation is 2. The number of rotatable bonds is 5. The molecular weight excluding hydrogens is 490 g/mol. The molecule has 8 heteroatoms. The Kier molecular flexibility index (Phi) is 6.03. The summed E-state index contributed by atoms with van der Waals surface area (Å²) in [6, 6.07) is 11.1. The monoisotopic (exact) mass is 511 g/mol. The van der Waals surface area contributed by atoms with Crippen molar-refractivity contribution in [3.05, 3.63) is 86.8 Å². The molecular formula is C25H22BrNO6. The van der Waals surface area contributed by atoms with E-state index in [9.17, 15) is 19.8 Å². The van der Waals surface area contributed by atoms with Gasteiger partial charge in [0.1, 0.15) is 11.5 Å². The highest BCUT2D eigenvalue weighted by Crippen LogP contribution is 2.45. The lowest BCUT2D eigenvalue weighted by atomic mass is 9.93. The number of likely N-dealkylation sites (tertiary alicyclic amines) is 1. The molecule has 33 heavy (non-hydrogen) atoms. The maximum Gasteiger partial charge on any atom is 0.296 e. The second kappa shape index (κ2) is 8.78. The van der Waals surface area contributed by atoms with Gasteiger partial charge in [0, 0.05) is 5.56 Å². The molecule has 0 bridgehead atoms. The summed E-state index contributed by atoms with van der Waals surface area (Å²) in [7, 11) is 1.40. The van der Waals surface area contributed by atoms with Gasteiger partial charge in [-0.25, -0.2) is 0 Å². The molecule has 0 saturated carbocycles. The van der Waals surface area contributed by atoms with Gasteiger partial charge in [0.25, 0.3) is 11.7 Å². The molecule has 4 rings (SSSR count). The molecule has 0 spiro atoms. The first-order valence-corrected chi connectivity index (χ1v) is 11.0. The van der Waals surface area contributed by atoms with Gasteiger partial charge < -0.3 is 24.3 Å². The van der Waals surface area contributed by atoms with Crippen LogP contribution < -0.4 is 4.74 Å². The molecule has 2 aromatic carbocycles. The Morgan fingerprint density at radius 2 is 1.94 bits per heavy atom. The van der Waals surface area contributed by atoms with Crippen molar-refractivity contribution >= 4 is 33.4 Å². The second-order valence-electron chi connectivity index (χ2n) is 7.88. The van der Waals surface area contributed by atoms with Crippen molar-refractivity contribution in [2.75, 3.05) is 7.11 Å². The average molecular weight is 512 g/mol. The maximum absolute atomic E-state index is 13.2. The topological polar surface area (TPSA) is 100 Å². The van der Waals surface area contributed by atoms with E-state index in [0.717, 1.165) is 11.1 Å². The number of phenols is 1. The van der Waals surface area contributed by atoms with Crippen molar-refractivity contribution in [3.63, 3.8) is 0 Å². The van der Waals surface area contributed by atoms with Gasteiger partial charge in [-0.15, -0.1) is 0 Å². The van der Waals surface area contributed by atoms with Crippen LogP contribution in [-0.4, -0.2) is 33.9 Å². The third-order valence-electron chi connectivity index (χ3n) is 5.68. The number of carbonyl (C=O) groups excluding carboxylic acids is 2. The van der Waals surface area contributed by atoms with Crippen LogP contribution in [0.25, 0.3) is 5.76 Å². The van der Waals surface area contributed by atoms with E-state index in [-0.39, 0.29) is 29.4 Å². The number of ketones is 1. The zero-order valence-corrected chi connectivity index (χ0v) is 19.8. The molecule has 2 N–H and O–H groups in total. The van der Waals surface area contributed by atoms with Gasteiger partial charge in [-0.3, -0.25) is 9.59 Å². The average Bonchev–Trinajstić information content (AvgIpc) is 3.39. The number of phenolic OH excluding ortho intramolecular Hbond substituents is 1. The Hall–Kier alpha value is -3.52. The number of hydrogen-bond acceptors (Lipinski definition) is 6. The third kappa shape index (κ3) is 4.02. The van der Waals surface area contributed by atoms with Gasteiger partial charge in [0.2, 0.25) is 0 Å². The predicted octanol–water partition coefficient (Wildman–Crippen LogP) is 5.00. The minimum Gasteiger partial charge on any atom is -0.507 e. The van der Waals surface area contributed by atoms with E-state index >= 15 is 0 Å². The summed E-state index contributed by atoms with van der Waals surface area (Å²) in [5.74, 6) is -1.28. The molecule has 0 aliphatic carbocycles. The first-order chi connectivity index (χ1) is 15.7. The van der Waals surface area contributed by atoms with E-state index < -0.39 is 17.7 Å². The lowest BCUT2D eigenvalue weighted by molar-refractivity contribution is -0.140. The largest absolute Gasteiger partial charge is 0.507 e. The first kappa shape index (κ1) is 22.7. The number of aromatic hydroxyl groups is 1. The Bertz CT molecular complexity index is 1280. The molecule has 2 heterocycles.